The van der Waals surface area contributed by atoms with Crippen LogP contribution in [-0.2, 0) is 0 Å². The van der Waals surface area contributed by atoms with Gasteiger partial charge >= 0.3 is 0 Å². The van der Waals surface area contributed by atoms with E-state index in [9.17, 15) is 0 Å². The van der Waals surface area contributed by atoms with Crippen LogP contribution in [0, 0.1) is 5.92 Å². The summed E-state index contributed by atoms with van der Waals surface area (Å²) in [7, 11) is 1.84. The lowest BCUT2D eigenvalue weighted by atomic mass is 10.5. The van der Waals surface area contributed by atoms with Gasteiger partial charge in [0, 0.05) is 13.1 Å². The minimum Gasteiger partial charge on any atom is -0.372 e. The van der Waals surface area contributed by atoms with Gasteiger partial charge in [-0.3, -0.25) is 4.98 Å². The minimum absolute atomic E-state index is 0.599. The van der Waals surface area contributed by atoms with Crippen molar-refractivity contribution in [3.63, 3.8) is 0 Å². The molecular formula is C9H14N4. The molecule has 0 radical (unpaired) electrons. The largest absolute Gasteiger partial charge is 0.372 e. The summed E-state index contributed by atoms with van der Waals surface area (Å²) in [5.74, 6) is 2.44. The van der Waals surface area contributed by atoms with Gasteiger partial charge in [0.25, 0.3) is 0 Å². The summed E-state index contributed by atoms with van der Waals surface area (Å²) < 4.78 is 0. The van der Waals surface area contributed by atoms with E-state index < -0.39 is 0 Å². The quantitative estimate of drug-likeness (QED) is 0.733. The predicted octanol–water partition coefficient (Wildman–Crippen LogP) is 1.34. The molecular weight excluding hydrogens is 164 g/mol. The van der Waals surface area contributed by atoms with Crippen LogP contribution in [0.4, 0.5) is 11.6 Å². The van der Waals surface area contributed by atoms with Crippen LogP contribution in [0.15, 0.2) is 12.4 Å². The van der Waals surface area contributed by atoms with Crippen molar-refractivity contribution in [2.75, 3.05) is 17.7 Å². The van der Waals surface area contributed by atoms with E-state index in [1.807, 2.05) is 7.05 Å². The highest BCUT2D eigenvalue weighted by Crippen LogP contribution is 2.31. The van der Waals surface area contributed by atoms with Gasteiger partial charge in [-0.25, -0.2) is 4.98 Å². The highest BCUT2D eigenvalue weighted by Gasteiger charge is 2.32. The SMILES string of the molecule is CNc1cncc(NC2CC2C)n1. The summed E-state index contributed by atoms with van der Waals surface area (Å²) in [5.41, 5.74) is 0. The van der Waals surface area contributed by atoms with Gasteiger partial charge in [-0.05, 0) is 12.3 Å². The number of rotatable bonds is 3. The molecule has 0 aliphatic heterocycles. The molecule has 2 N–H and O–H groups in total. The van der Waals surface area contributed by atoms with Crippen molar-refractivity contribution in [3.05, 3.63) is 12.4 Å². The van der Waals surface area contributed by atoms with Gasteiger partial charge in [-0.1, -0.05) is 6.92 Å². The fraction of sp³-hybridized carbons (Fsp3) is 0.556. The normalized spacial score (nSPS) is 25.4. The number of nitrogens with zero attached hydrogens (tertiary/aromatic N) is 2. The first-order valence-corrected chi connectivity index (χ1v) is 4.56. The summed E-state index contributed by atoms with van der Waals surface area (Å²) in [6, 6.07) is 0.599. The Bertz CT molecular complexity index is 299. The van der Waals surface area contributed by atoms with Crippen LogP contribution in [0.25, 0.3) is 0 Å². The van der Waals surface area contributed by atoms with E-state index in [0.29, 0.717) is 6.04 Å². The Morgan fingerprint density at radius 3 is 2.69 bits per heavy atom. The van der Waals surface area contributed by atoms with Crippen LogP contribution in [0.5, 0.6) is 0 Å². The Morgan fingerprint density at radius 1 is 1.38 bits per heavy atom. The zero-order valence-corrected chi connectivity index (χ0v) is 7.91. The molecule has 4 nitrogen and oxygen atoms in total. The van der Waals surface area contributed by atoms with Gasteiger partial charge in [-0.2, -0.15) is 0 Å². The lowest BCUT2D eigenvalue weighted by molar-refractivity contribution is 0.921. The molecule has 0 aromatic carbocycles. The molecule has 2 unspecified atom stereocenters. The molecule has 2 atom stereocenters. The van der Waals surface area contributed by atoms with Crippen molar-refractivity contribution in [1.29, 1.82) is 0 Å². The van der Waals surface area contributed by atoms with Gasteiger partial charge in [0.15, 0.2) is 0 Å². The molecule has 4 heteroatoms. The summed E-state index contributed by atoms with van der Waals surface area (Å²) >= 11 is 0. The Morgan fingerprint density at radius 2 is 2.08 bits per heavy atom. The maximum absolute atomic E-state index is 4.32. The lowest BCUT2D eigenvalue weighted by Crippen LogP contribution is -2.06. The monoisotopic (exact) mass is 178 g/mol. The van der Waals surface area contributed by atoms with Crippen molar-refractivity contribution in [2.45, 2.75) is 19.4 Å². The number of aromatic nitrogens is 2. The van der Waals surface area contributed by atoms with Crippen LogP contribution < -0.4 is 10.6 Å². The number of hydrogen-bond donors (Lipinski definition) is 2. The lowest BCUT2D eigenvalue weighted by Gasteiger charge is -2.04. The van der Waals surface area contributed by atoms with E-state index in [1.54, 1.807) is 12.4 Å². The van der Waals surface area contributed by atoms with E-state index in [2.05, 4.69) is 27.5 Å². The fourth-order valence-electron chi connectivity index (χ4n) is 1.27. The van der Waals surface area contributed by atoms with Crippen molar-refractivity contribution in [3.8, 4) is 0 Å². The maximum atomic E-state index is 4.32. The third kappa shape index (κ3) is 1.88. The fourth-order valence-corrected chi connectivity index (χ4v) is 1.27. The van der Waals surface area contributed by atoms with Crippen molar-refractivity contribution in [1.82, 2.24) is 9.97 Å². The summed E-state index contributed by atoms with van der Waals surface area (Å²) in [6.07, 6.45) is 4.71. The topological polar surface area (TPSA) is 49.8 Å². The van der Waals surface area contributed by atoms with Crippen LogP contribution in [-0.4, -0.2) is 23.1 Å². The van der Waals surface area contributed by atoms with E-state index in [-0.39, 0.29) is 0 Å². The summed E-state index contributed by atoms with van der Waals surface area (Å²) in [4.78, 5) is 8.39. The van der Waals surface area contributed by atoms with E-state index in [0.717, 1.165) is 17.6 Å². The van der Waals surface area contributed by atoms with Crippen LogP contribution in [0.3, 0.4) is 0 Å². The molecule has 2 rings (SSSR count). The van der Waals surface area contributed by atoms with Gasteiger partial charge in [0.2, 0.25) is 0 Å². The molecule has 1 saturated carbocycles. The molecule has 1 aromatic rings. The molecule has 70 valence electrons. The standard InChI is InChI=1S/C9H14N4/c1-6-3-7(6)12-9-5-11-4-8(10-2)13-9/h4-7H,3H2,1-2H3,(H2,10,12,13). The Labute approximate surface area is 77.8 Å². The van der Waals surface area contributed by atoms with Gasteiger partial charge in [0.1, 0.15) is 11.6 Å². The third-order valence-electron chi connectivity index (χ3n) is 2.33. The Hall–Kier alpha value is -1.32. The van der Waals surface area contributed by atoms with Gasteiger partial charge in [-0.15, -0.1) is 0 Å². The zero-order chi connectivity index (χ0) is 9.26. The first kappa shape index (κ1) is 8.29. The second kappa shape index (κ2) is 3.20. The zero-order valence-electron chi connectivity index (χ0n) is 7.91. The molecule has 1 aliphatic rings. The van der Waals surface area contributed by atoms with Crippen LogP contribution in [0.1, 0.15) is 13.3 Å². The minimum atomic E-state index is 0.599. The smallest absolute Gasteiger partial charge is 0.147 e. The second-order valence-corrected chi connectivity index (χ2v) is 3.50. The van der Waals surface area contributed by atoms with Crippen LogP contribution >= 0.6 is 0 Å². The number of anilines is 2. The summed E-state index contributed by atoms with van der Waals surface area (Å²) in [6.45, 7) is 2.23. The van der Waals surface area contributed by atoms with Crippen LogP contribution in [0.2, 0.25) is 0 Å². The van der Waals surface area contributed by atoms with Gasteiger partial charge in [0.05, 0.1) is 12.4 Å². The average Bonchev–Trinajstić information content (AvgIpc) is 2.82. The van der Waals surface area contributed by atoms with Crippen molar-refractivity contribution < 1.29 is 0 Å². The first-order chi connectivity index (χ1) is 6.29. The Balaban J connectivity index is 2.03. The number of hydrogen-bond acceptors (Lipinski definition) is 4. The molecule has 1 heterocycles. The summed E-state index contributed by atoms with van der Waals surface area (Å²) in [5, 5.41) is 6.29. The molecule has 1 aromatic heterocycles. The van der Waals surface area contributed by atoms with E-state index in [4.69, 9.17) is 0 Å². The van der Waals surface area contributed by atoms with E-state index >= 15 is 0 Å². The van der Waals surface area contributed by atoms with E-state index in [1.165, 1.54) is 6.42 Å². The molecule has 1 aliphatic carbocycles. The number of nitrogens with one attached hydrogen (secondary N) is 2. The highest BCUT2D eigenvalue weighted by atomic mass is 15.1. The second-order valence-electron chi connectivity index (χ2n) is 3.50. The van der Waals surface area contributed by atoms with Gasteiger partial charge < -0.3 is 10.6 Å². The highest BCUT2D eigenvalue weighted by molar-refractivity contribution is 5.42. The third-order valence-corrected chi connectivity index (χ3v) is 2.33. The molecule has 0 bridgehead atoms. The predicted molar refractivity (Wildman–Crippen MR) is 52.8 cm³/mol. The Kier molecular flexibility index (Phi) is 2.04. The van der Waals surface area contributed by atoms with Crippen molar-refractivity contribution in [2.24, 2.45) is 5.92 Å². The first-order valence-electron chi connectivity index (χ1n) is 4.56. The molecule has 1 fully saturated rings. The maximum Gasteiger partial charge on any atom is 0.147 e. The molecule has 0 amide bonds. The molecule has 0 spiro atoms. The van der Waals surface area contributed by atoms with Crippen molar-refractivity contribution >= 4 is 11.6 Å². The molecule has 0 saturated heterocycles. The molecule has 13 heavy (non-hydrogen) atoms. The average molecular weight is 178 g/mol.